The van der Waals surface area contributed by atoms with E-state index in [0.29, 0.717) is 0 Å². The van der Waals surface area contributed by atoms with Gasteiger partial charge in [-0.25, -0.2) is 4.98 Å². The number of nitrogens with zero attached hydrogens (tertiary/aromatic N) is 2. The molecule has 2 rings (SSSR count). The fourth-order valence-corrected chi connectivity index (χ4v) is 1.57. The molecule has 4 heteroatoms. The third-order valence-corrected chi connectivity index (χ3v) is 2.30. The first-order chi connectivity index (χ1) is 5.81. The normalized spacial score (nSPS) is 10.5. The van der Waals surface area contributed by atoms with Crippen LogP contribution < -0.4 is 4.74 Å². The van der Waals surface area contributed by atoms with Crippen LogP contribution in [0.2, 0.25) is 0 Å². The number of fused-ring (bicyclic) bond motifs is 1. The molecule has 0 aliphatic carbocycles. The number of hydrogen-bond acceptors (Lipinski definition) is 2. The predicted octanol–water partition coefficient (Wildman–Crippen LogP) is 2.11. The summed E-state index contributed by atoms with van der Waals surface area (Å²) in [5.41, 5.74) is 1.04. The number of methoxy groups -OCH3 is 1. The average molecular weight is 227 g/mol. The Labute approximate surface area is 78.1 Å². The Morgan fingerprint density at radius 1 is 1.58 bits per heavy atom. The van der Waals surface area contributed by atoms with Gasteiger partial charge in [-0.05, 0) is 22.0 Å². The van der Waals surface area contributed by atoms with Crippen molar-refractivity contribution in [1.82, 2.24) is 9.38 Å². The van der Waals surface area contributed by atoms with E-state index in [-0.39, 0.29) is 0 Å². The van der Waals surface area contributed by atoms with Crippen molar-refractivity contribution in [1.29, 1.82) is 0 Å². The van der Waals surface area contributed by atoms with E-state index in [1.54, 1.807) is 19.6 Å². The van der Waals surface area contributed by atoms with Crippen molar-refractivity contribution in [2.45, 2.75) is 0 Å². The van der Waals surface area contributed by atoms with Crippen LogP contribution in [0.4, 0.5) is 0 Å². The molecule has 0 aliphatic heterocycles. The lowest BCUT2D eigenvalue weighted by molar-refractivity contribution is 0.409. The molecule has 0 saturated heterocycles. The number of rotatable bonds is 1. The standard InChI is InChI=1S/C8H7BrN2O/c1-12-8-4-11-5-10-3-6(11)2-7(8)9/h2-5H,1H3. The van der Waals surface area contributed by atoms with Crippen molar-refractivity contribution in [2.75, 3.05) is 7.11 Å². The van der Waals surface area contributed by atoms with Gasteiger partial charge in [-0.1, -0.05) is 0 Å². The Kier molecular flexibility index (Phi) is 1.77. The molecule has 3 nitrogen and oxygen atoms in total. The topological polar surface area (TPSA) is 26.5 Å². The predicted molar refractivity (Wildman–Crippen MR) is 49.4 cm³/mol. The molecule has 0 aliphatic rings. The largest absolute Gasteiger partial charge is 0.494 e. The van der Waals surface area contributed by atoms with Gasteiger partial charge in [-0.2, -0.15) is 0 Å². The van der Waals surface area contributed by atoms with Crippen LogP contribution in [0.3, 0.4) is 0 Å². The fourth-order valence-electron chi connectivity index (χ4n) is 1.07. The third kappa shape index (κ3) is 1.08. The van der Waals surface area contributed by atoms with E-state index in [9.17, 15) is 0 Å². The molecule has 0 bridgehead atoms. The molecule has 2 aromatic rings. The zero-order valence-electron chi connectivity index (χ0n) is 6.49. The lowest BCUT2D eigenvalue weighted by atomic mass is 10.4. The molecule has 0 radical (unpaired) electrons. The highest BCUT2D eigenvalue weighted by atomic mass is 79.9. The number of halogens is 1. The van der Waals surface area contributed by atoms with Crippen LogP contribution in [0.25, 0.3) is 5.52 Å². The van der Waals surface area contributed by atoms with Gasteiger partial charge >= 0.3 is 0 Å². The van der Waals surface area contributed by atoms with Crippen molar-refractivity contribution >= 4 is 21.4 Å². The summed E-state index contributed by atoms with van der Waals surface area (Å²) in [7, 11) is 1.64. The lowest BCUT2D eigenvalue weighted by Crippen LogP contribution is -1.88. The van der Waals surface area contributed by atoms with Gasteiger partial charge in [0.05, 0.1) is 35.8 Å². The van der Waals surface area contributed by atoms with E-state index < -0.39 is 0 Å². The van der Waals surface area contributed by atoms with Gasteiger partial charge in [0.15, 0.2) is 0 Å². The maximum atomic E-state index is 5.13. The summed E-state index contributed by atoms with van der Waals surface area (Å²) in [5, 5.41) is 0. The minimum atomic E-state index is 0.806. The molecule has 0 spiro atoms. The molecule has 0 aromatic carbocycles. The highest BCUT2D eigenvalue weighted by Gasteiger charge is 2.01. The summed E-state index contributed by atoms with van der Waals surface area (Å²) in [5.74, 6) is 0.806. The molecular formula is C8H7BrN2O. The number of aromatic nitrogens is 2. The van der Waals surface area contributed by atoms with Gasteiger partial charge < -0.3 is 9.14 Å². The van der Waals surface area contributed by atoms with Gasteiger partial charge in [0.25, 0.3) is 0 Å². The quantitative estimate of drug-likeness (QED) is 0.745. The second kappa shape index (κ2) is 2.79. The van der Waals surface area contributed by atoms with Crippen LogP contribution in [0.1, 0.15) is 0 Å². The minimum absolute atomic E-state index is 0.806. The average Bonchev–Trinajstić information content (AvgIpc) is 2.49. The molecule has 12 heavy (non-hydrogen) atoms. The Bertz CT molecular complexity index is 410. The second-order valence-corrected chi connectivity index (χ2v) is 3.27. The summed E-state index contributed by atoms with van der Waals surface area (Å²) < 4.78 is 7.98. The Balaban J connectivity index is 2.73. The van der Waals surface area contributed by atoms with Crippen molar-refractivity contribution in [3.8, 4) is 5.75 Å². The van der Waals surface area contributed by atoms with E-state index in [2.05, 4.69) is 20.9 Å². The van der Waals surface area contributed by atoms with E-state index in [1.807, 2.05) is 16.7 Å². The van der Waals surface area contributed by atoms with Crippen LogP contribution in [0.5, 0.6) is 5.75 Å². The molecule has 2 aromatic heterocycles. The zero-order valence-corrected chi connectivity index (χ0v) is 8.08. The number of hydrogen-bond donors (Lipinski definition) is 0. The van der Waals surface area contributed by atoms with E-state index in [0.717, 1.165) is 15.7 Å². The highest BCUT2D eigenvalue weighted by Crippen LogP contribution is 2.25. The minimum Gasteiger partial charge on any atom is -0.494 e. The summed E-state index contributed by atoms with van der Waals surface area (Å²) >= 11 is 3.40. The van der Waals surface area contributed by atoms with Gasteiger partial charge in [-0.15, -0.1) is 0 Å². The Morgan fingerprint density at radius 2 is 2.42 bits per heavy atom. The lowest BCUT2D eigenvalue weighted by Gasteiger charge is -2.03. The molecule has 0 amide bonds. The van der Waals surface area contributed by atoms with Crippen LogP contribution in [-0.4, -0.2) is 16.5 Å². The molecule has 0 unspecified atom stereocenters. The summed E-state index contributed by atoms with van der Waals surface area (Å²) in [6.07, 6.45) is 5.42. The number of ether oxygens (including phenoxy) is 1. The van der Waals surface area contributed by atoms with Crippen molar-refractivity contribution < 1.29 is 4.74 Å². The first-order valence-electron chi connectivity index (χ1n) is 3.46. The van der Waals surface area contributed by atoms with E-state index >= 15 is 0 Å². The van der Waals surface area contributed by atoms with Crippen LogP contribution in [0, 0.1) is 0 Å². The Morgan fingerprint density at radius 3 is 3.17 bits per heavy atom. The first kappa shape index (κ1) is 7.61. The second-order valence-electron chi connectivity index (χ2n) is 2.42. The maximum Gasteiger partial charge on any atom is 0.149 e. The van der Waals surface area contributed by atoms with Gasteiger partial charge in [0, 0.05) is 0 Å². The molecule has 0 saturated carbocycles. The third-order valence-electron chi connectivity index (χ3n) is 1.68. The van der Waals surface area contributed by atoms with Crippen molar-refractivity contribution in [3.05, 3.63) is 29.3 Å². The highest BCUT2D eigenvalue weighted by molar-refractivity contribution is 9.10. The van der Waals surface area contributed by atoms with Crippen molar-refractivity contribution in [2.24, 2.45) is 0 Å². The molecule has 2 heterocycles. The van der Waals surface area contributed by atoms with Gasteiger partial charge in [0.2, 0.25) is 0 Å². The summed E-state index contributed by atoms with van der Waals surface area (Å²) in [4.78, 5) is 4.00. The first-order valence-corrected chi connectivity index (χ1v) is 4.26. The summed E-state index contributed by atoms with van der Waals surface area (Å²) in [6, 6.07) is 1.96. The number of imidazole rings is 1. The molecule has 0 atom stereocenters. The van der Waals surface area contributed by atoms with E-state index in [4.69, 9.17) is 4.74 Å². The van der Waals surface area contributed by atoms with E-state index in [1.165, 1.54) is 0 Å². The molecule has 62 valence electrons. The van der Waals surface area contributed by atoms with Crippen molar-refractivity contribution in [3.63, 3.8) is 0 Å². The molecule has 0 N–H and O–H groups in total. The zero-order chi connectivity index (χ0) is 8.55. The van der Waals surface area contributed by atoms with Crippen LogP contribution >= 0.6 is 15.9 Å². The van der Waals surface area contributed by atoms with Gasteiger partial charge in [-0.3, -0.25) is 0 Å². The SMILES string of the molecule is COc1cn2cncc2cc1Br. The molecular weight excluding hydrogens is 220 g/mol. The van der Waals surface area contributed by atoms with Crippen LogP contribution in [0.15, 0.2) is 29.3 Å². The fraction of sp³-hybridized carbons (Fsp3) is 0.125. The number of pyridine rings is 1. The molecule has 0 fully saturated rings. The summed E-state index contributed by atoms with van der Waals surface area (Å²) in [6.45, 7) is 0. The Hall–Kier alpha value is -1.03. The monoisotopic (exact) mass is 226 g/mol. The van der Waals surface area contributed by atoms with Gasteiger partial charge in [0.1, 0.15) is 5.75 Å². The van der Waals surface area contributed by atoms with Crippen LogP contribution in [-0.2, 0) is 0 Å². The smallest absolute Gasteiger partial charge is 0.149 e. The maximum absolute atomic E-state index is 5.13.